The zero-order valence-corrected chi connectivity index (χ0v) is 18.6. The molecule has 2 saturated heterocycles. The molecular weight excluding hydrogens is 455 g/mol. The molecular formula is C23H20ClFN2O4S. The molecule has 0 N–H and O–H groups in total. The van der Waals surface area contributed by atoms with E-state index >= 15 is 0 Å². The lowest BCUT2D eigenvalue weighted by Crippen LogP contribution is -2.40. The Balaban J connectivity index is 1.38. The van der Waals surface area contributed by atoms with Crippen LogP contribution in [0.2, 0.25) is 5.02 Å². The highest BCUT2D eigenvalue weighted by molar-refractivity contribution is 8.18. The number of likely N-dealkylation sites (tertiary alicyclic amines) is 1. The van der Waals surface area contributed by atoms with Gasteiger partial charge in [-0.25, -0.2) is 4.39 Å². The van der Waals surface area contributed by atoms with E-state index in [0.29, 0.717) is 29.4 Å². The average Bonchev–Trinajstić information content (AvgIpc) is 3.40. The number of thioether (sulfide) groups is 1. The van der Waals surface area contributed by atoms with E-state index in [1.807, 2.05) is 0 Å². The van der Waals surface area contributed by atoms with Crippen molar-refractivity contribution in [2.45, 2.75) is 19.4 Å². The average molecular weight is 475 g/mol. The van der Waals surface area contributed by atoms with E-state index in [1.54, 1.807) is 41.3 Å². The van der Waals surface area contributed by atoms with E-state index < -0.39 is 17.0 Å². The molecule has 2 aliphatic rings. The van der Waals surface area contributed by atoms with Gasteiger partial charge >= 0.3 is 0 Å². The Morgan fingerprint density at radius 2 is 1.84 bits per heavy atom. The smallest absolute Gasteiger partial charge is 0.294 e. The Morgan fingerprint density at radius 3 is 2.53 bits per heavy atom. The minimum Gasteiger partial charge on any atom is -0.489 e. The molecule has 2 fully saturated rings. The van der Waals surface area contributed by atoms with Crippen LogP contribution in [0.3, 0.4) is 0 Å². The monoisotopic (exact) mass is 474 g/mol. The third kappa shape index (κ3) is 4.97. The maximum Gasteiger partial charge on any atom is 0.294 e. The highest BCUT2D eigenvalue weighted by atomic mass is 35.5. The lowest BCUT2D eigenvalue weighted by Gasteiger charge is -2.18. The van der Waals surface area contributed by atoms with Gasteiger partial charge in [0.1, 0.15) is 24.7 Å². The fourth-order valence-corrected chi connectivity index (χ4v) is 4.53. The van der Waals surface area contributed by atoms with Crippen LogP contribution in [-0.4, -0.2) is 46.5 Å². The Kier molecular flexibility index (Phi) is 6.81. The SMILES string of the molecule is O=C(CN1C(=O)S/C(=C\c2ccc(OCc3c(F)cccc3Cl)cc2)C1=O)N1CCCC1. The van der Waals surface area contributed by atoms with Crippen LogP contribution in [0.4, 0.5) is 9.18 Å². The maximum absolute atomic E-state index is 13.8. The number of hydrogen-bond acceptors (Lipinski definition) is 5. The highest BCUT2D eigenvalue weighted by Crippen LogP contribution is 2.32. The minimum absolute atomic E-state index is 0.0191. The molecule has 2 aromatic carbocycles. The molecule has 4 rings (SSSR count). The molecule has 2 heterocycles. The number of halogens is 2. The third-order valence-electron chi connectivity index (χ3n) is 5.25. The van der Waals surface area contributed by atoms with Crippen molar-refractivity contribution in [2.24, 2.45) is 0 Å². The Labute approximate surface area is 194 Å². The zero-order valence-electron chi connectivity index (χ0n) is 17.1. The van der Waals surface area contributed by atoms with Crippen molar-refractivity contribution < 1.29 is 23.5 Å². The molecule has 6 nitrogen and oxygen atoms in total. The first-order chi connectivity index (χ1) is 15.4. The number of benzene rings is 2. The van der Waals surface area contributed by atoms with Gasteiger partial charge in [0.2, 0.25) is 5.91 Å². The molecule has 0 aromatic heterocycles. The predicted molar refractivity (Wildman–Crippen MR) is 121 cm³/mol. The van der Waals surface area contributed by atoms with Gasteiger partial charge in [-0.05, 0) is 60.5 Å². The van der Waals surface area contributed by atoms with Gasteiger partial charge in [0, 0.05) is 18.7 Å². The number of amides is 3. The van der Waals surface area contributed by atoms with Crippen molar-refractivity contribution in [3.63, 3.8) is 0 Å². The molecule has 0 saturated carbocycles. The fraction of sp³-hybridized carbons (Fsp3) is 0.261. The first-order valence-corrected chi connectivity index (χ1v) is 11.3. The fourth-order valence-electron chi connectivity index (χ4n) is 3.48. The predicted octanol–water partition coefficient (Wildman–Crippen LogP) is 4.72. The second kappa shape index (κ2) is 9.75. The van der Waals surface area contributed by atoms with Crippen molar-refractivity contribution >= 4 is 46.5 Å². The van der Waals surface area contributed by atoms with E-state index in [2.05, 4.69) is 0 Å². The van der Waals surface area contributed by atoms with Crippen LogP contribution in [0.25, 0.3) is 6.08 Å². The summed E-state index contributed by atoms with van der Waals surface area (Å²) in [6, 6.07) is 11.3. The van der Waals surface area contributed by atoms with Crippen LogP contribution < -0.4 is 4.74 Å². The van der Waals surface area contributed by atoms with Crippen molar-refractivity contribution in [1.82, 2.24) is 9.80 Å². The van der Waals surface area contributed by atoms with Crippen LogP contribution in [0.5, 0.6) is 5.75 Å². The number of carbonyl (C=O) groups excluding carboxylic acids is 3. The molecule has 0 spiro atoms. The molecule has 0 aliphatic carbocycles. The van der Waals surface area contributed by atoms with Crippen LogP contribution in [0, 0.1) is 5.82 Å². The zero-order chi connectivity index (χ0) is 22.7. The number of ether oxygens (including phenoxy) is 1. The molecule has 2 aromatic rings. The van der Waals surface area contributed by atoms with Crippen LogP contribution >= 0.6 is 23.4 Å². The lowest BCUT2D eigenvalue weighted by atomic mass is 10.2. The topological polar surface area (TPSA) is 66.9 Å². The largest absolute Gasteiger partial charge is 0.489 e. The first kappa shape index (κ1) is 22.4. The van der Waals surface area contributed by atoms with E-state index in [9.17, 15) is 18.8 Å². The molecule has 9 heteroatoms. The third-order valence-corrected chi connectivity index (χ3v) is 6.51. The van der Waals surface area contributed by atoms with Crippen LogP contribution in [-0.2, 0) is 16.2 Å². The number of nitrogens with zero attached hydrogens (tertiary/aromatic N) is 2. The Hall–Kier alpha value is -2.84. The summed E-state index contributed by atoms with van der Waals surface area (Å²) in [5.41, 5.74) is 0.966. The van der Waals surface area contributed by atoms with E-state index in [0.717, 1.165) is 29.5 Å². The summed E-state index contributed by atoms with van der Waals surface area (Å²) in [5, 5.41) is -0.156. The number of carbonyl (C=O) groups is 3. The van der Waals surface area contributed by atoms with Gasteiger partial charge in [0.15, 0.2) is 0 Å². The van der Waals surface area contributed by atoms with E-state index in [-0.39, 0.29) is 29.5 Å². The Bertz CT molecular complexity index is 1060. The summed E-state index contributed by atoms with van der Waals surface area (Å²) >= 11 is 6.82. The Morgan fingerprint density at radius 1 is 1.12 bits per heavy atom. The molecule has 32 heavy (non-hydrogen) atoms. The van der Waals surface area contributed by atoms with Gasteiger partial charge in [-0.2, -0.15) is 0 Å². The van der Waals surface area contributed by atoms with Gasteiger partial charge in [-0.15, -0.1) is 0 Å². The molecule has 2 aliphatic heterocycles. The highest BCUT2D eigenvalue weighted by Gasteiger charge is 2.37. The molecule has 0 atom stereocenters. The second-order valence-corrected chi connectivity index (χ2v) is 8.81. The summed E-state index contributed by atoms with van der Waals surface area (Å²) in [4.78, 5) is 40.1. The van der Waals surface area contributed by atoms with Crippen molar-refractivity contribution in [1.29, 1.82) is 0 Å². The lowest BCUT2D eigenvalue weighted by molar-refractivity contribution is -0.135. The molecule has 0 bridgehead atoms. The molecule has 0 radical (unpaired) electrons. The molecule has 3 amide bonds. The van der Waals surface area contributed by atoms with Gasteiger partial charge in [0.05, 0.1) is 9.93 Å². The van der Waals surface area contributed by atoms with Gasteiger partial charge < -0.3 is 9.64 Å². The second-order valence-electron chi connectivity index (χ2n) is 7.41. The minimum atomic E-state index is -0.470. The maximum atomic E-state index is 13.8. The molecule has 0 unspecified atom stereocenters. The number of rotatable bonds is 6. The van der Waals surface area contributed by atoms with E-state index in [4.69, 9.17) is 16.3 Å². The van der Waals surface area contributed by atoms with Gasteiger partial charge in [0.25, 0.3) is 11.1 Å². The first-order valence-electron chi connectivity index (χ1n) is 10.1. The normalized spacial score (nSPS) is 17.5. The van der Waals surface area contributed by atoms with Crippen LogP contribution in [0.15, 0.2) is 47.4 Å². The van der Waals surface area contributed by atoms with Crippen LogP contribution in [0.1, 0.15) is 24.0 Å². The summed E-state index contributed by atoms with van der Waals surface area (Å²) in [6.07, 6.45) is 3.49. The summed E-state index contributed by atoms with van der Waals surface area (Å²) in [7, 11) is 0. The van der Waals surface area contributed by atoms with Gasteiger partial charge in [-0.1, -0.05) is 29.8 Å². The number of hydrogen-bond donors (Lipinski definition) is 0. The number of imide groups is 1. The van der Waals surface area contributed by atoms with Crippen molar-refractivity contribution in [3.05, 3.63) is 69.3 Å². The quantitative estimate of drug-likeness (QED) is 0.567. The van der Waals surface area contributed by atoms with Gasteiger partial charge in [-0.3, -0.25) is 19.3 Å². The van der Waals surface area contributed by atoms with Crippen molar-refractivity contribution in [3.8, 4) is 5.75 Å². The molecule has 166 valence electrons. The summed E-state index contributed by atoms with van der Waals surface area (Å²) < 4.78 is 19.5. The summed E-state index contributed by atoms with van der Waals surface area (Å²) in [5.74, 6) is -0.608. The standard InChI is InChI=1S/C23H20ClFN2O4S/c24-18-4-3-5-19(25)17(18)14-31-16-8-6-15(7-9-16)12-20-22(29)27(23(30)32-20)13-21(28)26-10-1-2-11-26/h3-9,12H,1-2,10-11,13-14H2/b20-12-. The summed E-state index contributed by atoms with van der Waals surface area (Å²) in [6.45, 7) is 1.09. The van der Waals surface area contributed by atoms with E-state index in [1.165, 1.54) is 12.1 Å². The van der Waals surface area contributed by atoms with Crippen molar-refractivity contribution in [2.75, 3.05) is 19.6 Å².